The Bertz CT molecular complexity index is 426. The Kier molecular flexibility index (Phi) is 4.67. The molecule has 4 nitrogen and oxygen atoms in total. The monoisotopic (exact) mass is 236 g/mol. The van der Waals surface area contributed by atoms with Gasteiger partial charge in [0.25, 0.3) is 0 Å². The summed E-state index contributed by atoms with van der Waals surface area (Å²) in [5, 5.41) is 20.3. The van der Waals surface area contributed by atoms with Crippen LogP contribution in [0, 0.1) is 11.3 Å². The highest BCUT2D eigenvalue weighted by Gasteiger charge is 2.08. The molecule has 1 rings (SSSR count). The molecule has 0 unspecified atom stereocenters. The number of rotatable bonds is 5. The van der Waals surface area contributed by atoms with Gasteiger partial charge in [-0.25, -0.2) is 0 Å². The lowest BCUT2D eigenvalue weighted by Gasteiger charge is -2.09. The molecule has 0 saturated carbocycles. The molecule has 16 heavy (non-hydrogen) atoms. The summed E-state index contributed by atoms with van der Waals surface area (Å²) in [5.74, 6) is -0.0747. The lowest BCUT2D eigenvalue weighted by Crippen LogP contribution is -2.13. The van der Waals surface area contributed by atoms with E-state index in [1.807, 2.05) is 19.1 Å². The van der Waals surface area contributed by atoms with Crippen molar-refractivity contribution >= 4 is 23.4 Å². The van der Waals surface area contributed by atoms with Crippen molar-refractivity contribution in [3.63, 3.8) is 0 Å². The zero-order chi connectivity index (χ0) is 12.0. The van der Waals surface area contributed by atoms with Gasteiger partial charge < -0.3 is 10.4 Å². The highest BCUT2D eigenvalue weighted by molar-refractivity contribution is 7.99. The summed E-state index contributed by atoms with van der Waals surface area (Å²) in [7, 11) is 0. The third kappa shape index (κ3) is 3.17. The molecule has 0 bridgehead atoms. The van der Waals surface area contributed by atoms with E-state index in [0.29, 0.717) is 11.3 Å². The first-order chi connectivity index (χ1) is 7.69. The normalized spacial score (nSPS) is 9.50. The summed E-state index contributed by atoms with van der Waals surface area (Å²) in [4.78, 5) is 11.3. The minimum absolute atomic E-state index is 0.186. The molecule has 5 heteroatoms. The molecule has 0 heterocycles. The predicted octanol–water partition coefficient (Wildman–Crippen LogP) is 2.17. The number of hydrogen-bond donors (Lipinski definition) is 2. The van der Waals surface area contributed by atoms with E-state index in [-0.39, 0.29) is 6.54 Å². The van der Waals surface area contributed by atoms with E-state index in [1.54, 1.807) is 17.8 Å². The molecule has 0 aliphatic heterocycles. The fourth-order valence-electron chi connectivity index (χ4n) is 1.24. The van der Waals surface area contributed by atoms with E-state index < -0.39 is 5.97 Å². The van der Waals surface area contributed by atoms with Crippen LogP contribution >= 0.6 is 11.8 Å². The Balaban J connectivity index is 2.95. The van der Waals surface area contributed by atoms with Gasteiger partial charge in [0.2, 0.25) is 0 Å². The maximum atomic E-state index is 10.4. The summed E-state index contributed by atoms with van der Waals surface area (Å²) in [6, 6.07) is 7.47. The smallest absolute Gasteiger partial charge is 0.322 e. The first kappa shape index (κ1) is 12.4. The topological polar surface area (TPSA) is 73.1 Å². The van der Waals surface area contributed by atoms with Gasteiger partial charge in [0, 0.05) is 4.90 Å². The highest BCUT2D eigenvalue weighted by atomic mass is 32.2. The average molecular weight is 236 g/mol. The lowest BCUT2D eigenvalue weighted by atomic mass is 10.2. The lowest BCUT2D eigenvalue weighted by molar-refractivity contribution is -0.134. The maximum Gasteiger partial charge on any atom is 0.322 e. The van der Waals surface area contributed by atoms with Crippen molar-refractivity contribution < 1.29 is 9.90 Å². The first-order valence-electron chi connectivity index (χ1n) is 4.80. The molecule has 2 N–H and O–H groups in total. The summed E-state index contributed by atoms with van der Waals surface area (Å²) >= 11 is 1.56. The Morgan fingerprint density at radius 1 is 1.62 bits per heavy atom. The van der Waals surface area contributed by atoms with Crippen molar-refractivity contribution in [1.29, 1.82) is 5.26 Å². The number of thioether (sulfide) groups is 1. The number of carboxylic acid groups (broad SMARTS) is 1. The van der Waals surface area contributed by atoms with Gasteiger partial charge in [-0.05, 0) is 17.9 Å². The van der Waals surface area contributed by atoms with E-state index >= 15 is 0 Å². The third-order valence-electron chi connectivity index (χ3n) is 1.87. The second-order valence-electron chi connectivity index (χ2n) is 2.97. The highest BCUT2D eigenvalue weighted by Crippen LogP contribution is 2.27. The van der Waals surface area contributed by atoms with Crippen LogP contribution < -0.4 is 5.32 Å². The Morgan fingerprint density at radius 3 is 2.94 bits per heavy atom. The second kappa shape index (κ2) is 6.03. The number of aliphatic carboxylic acids is 1. The fourth-order valence-corrected chi connectivity index (χ4v) is 2.03. The zero-order valence-electron chi connectivity index (χ0n) is 8.86. The third-order valence-corrected chi connectivity index (χ3v) is 2.81. The van der Waals surface area contributed by atoms with E-state index in [9.17, 15) is 4.79 Å². The number of benzene rings is 1. The van der Waals surface area contributed by atoms with Gasteiger partial charge in [-0.15, -0.1) is 11.8 Å². The molecule has 0 aliphatic rings. The van der Waals surface area contributed by atoms with Crippen molar-refractivity contribution in [2.75, 3.05) is 17.6 Å². The van der Waals surface area contributed by atoms with Crippen molar-refractivity contribution in [3.05, 3.63) is 23.8 Å². The fraction of sp³-hybridized carbons (Fsp3) is 0.273. The molecule has 0 amide bonds. The molecule has 0 atom stereocenters. The summed E-state index contributed by atoms with van der Waals surface area (Å²) in [5.41, 5.74) is 1.08. The van der Waals surface area contributed by atoms with Gasteiger partial charge in [0.15, 0.2) is 0 Å². The van der Waals surface area contributed by atoms with Crippen LogP contribution in [-0.2, 0) is 4.79 Å². The van der Waals surface area contributed by atoms with Crippen LogP contribution in [0.2, 0.25) is 0 Å². The zero-order valence-corrected chi connectivity index (χ0v) is 9.67. The number of hydrogen-bond acceptors (Lipinski definition) is 4. The SMILES string of the molecule is CCSc1cccc(NCC(=O)O)c1C#N. The van der Waals surface area contributed by atoms with Crippen molar-refractivity contribution in [2.24, 2.45) is 0 Å². The standard InChI is InChI=1S/C11H12N2O2S/c1-2-16-10-5-3-4-9(8(10)6-12)13-7-11(14)15/h3-5,13H,2,7H2,1H3,(H,14,15). The molecule has 1 aromatic carbocycles. The van der Waals surface area contributed by atoms with Gasteiger partial charge in [0.1, 0.15) is 12.6 Å². The summed E-state index contributed by atoms with van der Waals surface area (Å²) in [6.45, 7) is 1.82. The molecule has 0 spiro atoms. The van der Waals surface area contributed by atoms with Crippen molar-refractivity contribution in [2.45, 2.75) is 11.8 Å². The van der Waals surface area contributed by atoms with E-state index in [2.05, 4.69) is 11.4 Å². The van der Waals surface area contributed by atoms with Crippen LogP contribution in [-0.4, -0.2) is 23.4 Å². The van der Waals surface area contributed by atoms with Crippen LogP contribution in [0.25, 0.3) is 0 Å². The van der Waals surface area contributed by atoms with Gasteiger partial charge in [-0.2, -0.15) is 5.26 Å². The largest absolute Gasteiger partial charge is 0.480 e. The Labute approximate surface area is 98.3 Å². The molecule has 84 valence electrons. The molecule has 0 fully saturated rings. The average Bonchev–Trinajstić information content (AvgIpc) is 2.27. The van der Waals surface area contributed by atoms with E-state index in [4.69, 9.17) is 10.4 Å². The molecule has 0 aromatic heterocycles. The minimum atomic E-state index is -0.947. The van der Waals surface area contributed by atoms with Crippen LogP contribution in [0.5, 0.6) is 0 Å². The van der Waals surface area contributed by atoms with Crippen LogP contribution in [0.3, 0.4) is 0 Å². The van der Waals surface area contributed by atoms with Gasteiger partial charge in [0.05, 0.1) is 11.3 Å². The maximum absolute atomic E-state index is 10.4. The van der Waals surface area contributed by atoms with Crippen LogP contribution in [0.1, 0.15) is 12.5 Å². The van der Waals surface area contributed by atoms with Crippen molar-refractivity contribution in [3.8, 4) is 6.07 Å². The number of nitrogens with zero attached hydrogens (tertiary/aromatic N) is 1. The summed E-state index contributed by atoms with van der Waals surface area (Å²) < 4.78 is 0. The molecule has 0 radical (unpaired) electrons. The van der Waals surface area contributed by atoms with E-state index in [0.717, 1.165) is 10.6 Å². The van der Waals surface area contributed by atoms with Gasteiger partial charge in [-0.1, -0.05) is 13.0 Å². The number of nitriles is 1. The number of anilines is 1. The number of carbonyl (C=O) groups is 1. The number of carboxylic acids is 1. The van der Waals surface area contributed by atoms with Crippen LogP contribution in [0.4, 0.5) is 5.69 Å². The molecule has 0 saturated heterocycles. The molecular formula is C11H12N2O2S. The molecular weight excluding hydrogens is 224 g/mol. The first-order valence-corrected chi connectivity index (χ1v) is 5.79. The number of nitrogens with one attached hydrogen (secondary N) is 1. The van der Waals surface area contributed by atoms with Gasteiger partial charge >= 0.3 is 5.97 Å². The van der Waals surface area contributed by atoms with Crippen molar-refractivity contribution in [1.82, 2.24) is 0 Å². The Morgan fingerprint density at radius 2 is 2.38 bits per heavy atom. The predicted molar refractivity (Wildman–Crippen MR) is 63.7 cm³/mol. The van der Waals surface area contributed by atoms with Crippen LogP contribution in [0.15, 0.2) is 23.1 Å². The second-order valence-corrected chi connectivity index (χ2v) is 4.28. The quantitative estimate of drug-likeness (QED) is 0.766. The Hall–Kier alpha value is -1.67. The summed E-state index contributed by atoms with van der Waals surface area (Å²) in [6.07, 6.45) is 0. The van der Waals surface area contributed by atoms with E-state index in [1.165, 1.54) is 0 Å². The minimum Gasteiger partial charge on any atom is -0.480 e. The molecule has 0 aliphatic carbocycles. The van der Waals surface area contributed by atoms with Gasteiger partial charge in [-0.3, -0.25) is 4.79 Å². The molecule has 1 aromatic rings.